The number of nitrogens with two attached hydrogens (primary N) is 1. The number of carbonyl (C=O) groups excluding carboxylic acids is 3. The van der Waals surface area contributed by atoms with Gasteiger partial charge < -0.3 is 31.1 Å². The van der Waals surface area contributed by atoms with Gasteiger partial charge in [0.05, 0.1) is 11.6 Å². The molecule has 3 aliphatic carbocycles. The van der Waals surface area contributed by atoms with Gasteiger partial charge in [-0.1, -0.05) is 19.1 Å². The van der Waals surface area contributed by atoms with Crippen LogP contribution in [0.2, 0.25) is 0 Å². The number of amides is 1. The first-order chi connectivity index (χ1) is 19.2. The van der Waals surface area contributed by atoms with Gasteiger partial charge in [0.15, 0.2) is 11.4 Å². The van der Waals surface area contributed by atoms with Gasteiger partial charge >= 0.3 is 0 Å². The number of anilines is 1. The van der Waals surface area contributed by atoms with Crippen molar-refractivity contribution in [3.63, 3.8) is 0 Å². The highest BCUT2D eigenvalue weighted by molar-refractivity contribution is 6.24. The summed E-state index contributed by atoms with van der Waals surface area (Å²) in [7, 11) is 7.03. The van der Waals surface area contributed by atoms with E-state index < -0.39 is 58.0 Å². The number of hydrogen-bond acceptors (Lipinski definition) is 9. The summed E-state index contributed by atoms with van der Waals surface area (Å²) < 4.78 is 0. The first-order valence-electron chi connectivity index (χ1n) is 13.6. The molecule has 216 valence electrons. The lowest BCUT2D eigenvalue weighted by Gasteiger charge is -2.50. The van der Waals surface area contributed by atoms with E-state index in [2.05, 4.69) is 0 Å². The minimum absolute atomic E-state index is 0.0427. The van der Waals surface area contributed by atoms with Crippen molar-refractivity contribution in [2.45, 2.75) is 37.8 Å². The number of phenols is 1. The number of aliphatic hydroxyl groups is 3. The van der Waals surface area contributed by atoms with Crippen LogP contribution in [0, 0.1) is 11.8 Å². The third-order valence-electron chi connectivity index (χ3n) is 8.88. The van der Waals surface area contributed by atoms with Gasteiger partial charge in [-0.3, -0.25) is 19.3 Å². The molecule has 0 radical (unpaired) electrons. The molecule has 10 heteroatoms. The molecule has 2 aromatic carbocycles. The summed E-state index contributed by atoms with van der Waals surface area (Å²) >= 11 is 0. The smallest absolute Gasteiger partial charge is 0.255 e. The third kappa shape index (κ3) is 3.96. The Balaban J connectivity index is 1.75. The molecular formula is C31H35N3O7. The number of ketones is 2. The number of rotatable bonds is 5. The van der Waals surface area contributed by atoms with E-state index in [0.29, 0.717) is 17.5 Å². The van der Waals surface area contributed by atoms with Crippen LogP contribution >= 0.6 is 0 Å². The van der Waals surface area contributed by atoms with Crippen LogP contribution in [0.5, 0.6) is 5.75 Å². The van der Waals surface area contributed by atoms with E-state index in [0.717, 1.165) is 16.8 Å². The minimum Gasteiger partial charge on any atom is -0.508 e. The molecule has 0 saturated heterocycles. The molecule has 4 atom stereocenters. The minimum atomic E-state index is -2.66. The number of aryl methyl sites for hydroxylation is 1. The predicted octanol–water partition coefficient (Wildman–Crippen LogP) is 2.26. The van der Waals surface area contributed by atoms with Crippen molar-refractivity contribution in [3.8, 4) is 16.9 Å². The molecule has 1 fully saturated rings. The van der Waals surface area contributed by atoms with Gasteiger partial charge in [-0.05, 0) is 79.7 Å². The predicted molar refractivity (Wildman–Crippen MR) is 153 cm³/mol. The van der Waals surface area contributed by atoms with Crippen LogP contribution < -0.4 is 10.6 Å². The van der Waals surface area contributed by atoms with E-state index in [1.54, 1.807) is 14.1 Å². The maximum Gasteiger partial charge on any atom is 0.255 e. The third-order valence-corrected chi connectivity index (χ3v) is 8.88. The normalized spacial score (nSPS) is 25.7. The second kappa shape index (κ2) is 9.74. The maximum atomic E-state index is 14.1. The summed E-state index contributed by atoms with van der Waals surface area (Å²) in [6, 6.07) is 8.61. The van der Waals surface area contributed by atoms with Gasteiger partial charge in [0.2, 0.25) is 5.78 Å². The van der Waals surface area contributed by atoms with E-state index in [4.69, 9.17) is 5.73 Å². The molecule has 1 unspecified atom stereocenters. The van der Waals surface area contributed by atoms with Gasteiger partial charge in [-0.15, -0.1) is 0 Å². The highest BCUT2D eigenvalue weighted by Crippen LogP contribution is 2.54. The Morgan fingerprint density at radius 2 is 1.71 bits per heavy atom. The number of fused-ring (bicyclic) bond motifs is 3. The Morgan fingerprint density at radius 3 is 2.24 bits per heavy atom. The second-order valence-corrected chi connectivity index (χ2v) is 11.5. The summed E-state index contributed by atoms with van der Waals surface area (Å²) in [6.07, 6.45) is 0.726. The summed E-state index contributed by atoms with van der Waals surface area (Å²) in [4.78, 5) is 43.0. The summed E-state index contributed by atoms with van der Waals surface area (Å²) in [5, 5.41) is 45.7. The maximum absolute atomic E-state index is 14.1. The quantitative estimate of drug-likeness (QED) is 0.344. The van der Waals surface area contributed by atoms with Crippen molar-refractivity contribution in [2.24, 2.45) is 17.6 Å². The average molecular weight is 562 g/mol. The van der Waals surface area contributed by atoms with Gasteiger partial charge in [0.25, 0.3) is 5.91 Å². The number of aliphatic hydroxyl groups excluding tert-OH is 2. The molecule has 1 amide bonds. The fourth-order valence-corrected chi connectivity index (χ4v) is 6.83. The van der Waals surface area contributed by atoms with E-state index >= 15 is 0 Å². The highest BCUT2D eigenvalue weighted by Gasteiger charge is 2.64. The zero-order valence-electron chi connectivity index (χ0n) is 23.7. The van der Waals surface area contributed by atoms with E-state index in [-0.39, 0.29) is 29.7 Å². The number of phenolic OH excluding ortho intramolecular Hbond substituents is 1. The average Bonchev–Trinajstić information content (AvgIpc) is 2.90. The van der Waals surface area contributed by atoms with Crippen LogP contribution in [0.15, 0.2) is 47.2 Å². The van der Waals surface area contributed by atoms with E-state index in [1.165, 1.54) is 4.90 Å². The zero-order valence-corrected chi connectivity index (χ0v) is 23.7. The monoisotopic (exact) mass is 561 g/mol. The number of aromatic hydroxyl groups is 1. The van der Waals surface area contributed by atoms with Crippen molar-refractivity contribution >= 4 is 28.9 Å². The number of primary amides is 1. The van der Waals surface area contributed by atoms with Crippen molar-refractivity contribution in [1.82, 2.24) is 4.90 Å². The molecule has 0 bridgehead atoms. The Kier molecular flexibility index (Phi) is 6.74. The summed E-state index contributed by atoms with van der Waals surface area (Å²) in [5.41, 5.74) is 5.71. The molecule has 5 rings (SSSR count). The molecule has 6 N–H and O–H groups in total. The SMILES string of the molecule is CCc1cc(-c2ccc(N(C)C)cc2)c2c(c1O)C(O)=C1C(=O)[C@]3(O)C(O)=C(C(N)=O)C(=O)C(N(C)C)[C@@H]3C[C@@H]1C2. The Morgan fingerprint density at radius 1 is 1.07 bits per heavy atom. The second-order valence-electron chi connectivity index (χ2n) is 11.5. The standard InChI is InChI=1S/C31H35N3O7/c1-6-14-11-18(15-7-9-17(10-8-15)33(2)3)19-12-16-13-20-24(34(4)5)27(37)23(30(32)40)29(39)31(20,41)28(38)21(16)26(36)22(19)25(14)35/h7-11,16,20,24,35-36,39,41H,6,12-13H2,1-5H3,(H2,32,40)/t16-,20-,24?,31-/m0/s1. The van der Waals surface area contributed by atoms with E-state index in [9.17, 15) is 34.8 Å². The Bertz CT molecular complexity index is 1550. The zero-order chi connectivity index (χ0) is 30.1. The number of hydrogen-bond donors (Lipinski definition) is 5. The topological polar surface area (TPSA) is 165 Å². The fourth-order valence-electron chi connectivity index (χ4n) is 6.83. The van der Waals surface area contributed by atoms with Crippen LogP contribution in [0.1, 0.15) is 30.0 Å². The number of carbonyl (C=O) groups is 3. The molecule has 0 aromatic heterocycles. The van der Waals surface area contributed by atoms with Crippen LogP contribution in [0.25, 0.3) is 16.9 Å². The first-order valence-corrected chi connectivity index (χ1v) is 13.6. The van der Waals surface area contributed by atoms with E-state index in [1.807, 2.05) is 56.3 Å². The lowest BCUT2D eigenvalue weighted by Crippen LogP contribution is -2.65. The molecule has 10 nitrogen and oxygen atoms in total. The molecule has 3 aliphatic rings. The lowest BCUT2D eigenvalue weighted by atomic mass is 9.57. The highest BCUT2D eigenvalue weighted by atomic mass is 16.3. The Labute approximate surface area is 238 Å². The van der Waals surface area contributed by atoms with Gasteiger partial charge in [0, 0.05) is 31.3 Å². The van der Waals surface area contributed by atoms with Gasteiger partial charge in [0.1, 0.15) is 22.8 Å². The largest absolute Gasteiger partial charge is 0.508 e. The van der Waals surface area contributed by atoms with Crippen LogP contribution in [0.3, 0.4) is 0 Å². The van der Waals surface area contributed by atoms with Gasteiger partial charge in [-0.2, -0.15) is 0 Å². The molecule has 41 heavy (non-hydrogen) atoms. The summed E-state index contributed by atoms with van der Waals surface area (Å²) in [6.45, 7) is 1.86. The number of nitrogens with zero attached hydrogens (tertiary/aromatic N) is 2. The molecular weight excluding hydrogens is 526 g/mol. The molecule has 1 saturated carbocycles. The number of benzene rings is 2. The van der Waals surface area contributed by atoms with Crippen molar-refractivity contribution < 1.29 is 34.8 Å². The van der Waals surface area contributed by atoms with Crippen molar-refractivity contribution in [2.75, 3.05) is 33.1 Å². The fraction of sp³-hybridized carbons (Fsp3) is 0.387. The molecule has 0 spiro atoms. The van der Waals surface area contributed by atoms with Crippen LogP contribution in [-0.4, -0.2) is 82.6 Å². The molecule has 2 aromatic rings. The van der Waals surface area contributed by atoms with Crippen molar-refractivity contribution in [3.05, 3.63) is 63.9 Å². The number of likely N-dealkylation sites (N-methyl/N-ethyl adjacent to an activating group) is 1. The van der Waals surface area contributed by atoms with Crippen LogP contribution in [-0.2, 0) is 27.2 Å². The Hall–Kier alpha value is -4.15. The summed E-state index contributed by atoms with van der Waals surface area (Å²) in [5.74, 6) is -6.55. The van der Waals surface area contributed by atoms with Crippen molar-refractivity contribution in [1.29, 1.82) is 0 Å². The molecule has 0 heterocycles. The first kappa shape index (κ1) is 28.4. The molecule has 0 aliphatic heterocycles. The van der Waals surface area contributed by atoms with Gasteiger partial charge in [-0.25, -0.2) is 0 Å². The number of Topliss-reactive ketones (excluding diaryl/α,β-unsaturated/α-hetero) is 2. The van der Waals surface area contributed by atoms with Crippen LogP contribution in [0.4, 0.5) is 5.69 Å². The lowest BCUT2D eigenvalue weighted by molar-refractivity contribution is -0.153.